The first-order valence-corrected chi connectivity index (χ1v) is 11.4. The monoisotopic (exact) mass is 405 g/mol. The summed E-state index contributed by atoms with van der Waals surface area (Å²) < 4.78 is 1.94. The smallest absolute Gasteiger partial charge is 0.177 e. The maximum Gasteiger partial charge on any atom is 0.177 e. The van der Waals surface area contributed by atoms with Crippen LogP contribution in [0.4, 0.5) is 0 Å². The Morgan fingerprint density at radius 1 is 0.833 bits per heavy atom. The van der Waals surface area contributed by atoms with Crippen LogP contribution in [-0.4, -0.2) is 73.9 Å². The van der Waals surface area contributed by atoms with Crippen molar-refractivity contribution in [1.29, 1.82) is 0 Å². The number of rotatable bonds is 5. The van der Waals surface area contributed by atoms with E-state index in [1.165, 1.54) is 51.9 Å². The Kier molecular flexibility index (Phi) is 5.99. The fourth-order valence-electron chi connectivity index (χ4n) is 4.79. The van der Waals surface area contributed by atoms with Crippen molar-refractivity contribution in [2.45, 2.75) is 44.4 Å². The molecule has 0 unspecified atom stereocenters. The summed E-state index contributed by atoms with van der Waals surface area (Å²) in [5.41, 5.74) is 2.75. The number of pyridine rings is 1. The van der Waals surface area contributed by atoms with Crippen LogP contribution in [-0.2, 0) is 0 Å². The number of hydrogen-bond donors (Lipinski definition) is 0. The molecule has 0 aromatic carbocycles. The van der Waals surface area contributed by atoms with Crippen LogP contribution in [0.25, 0.3) is 16.9 Å². The molecule has 158 valence electrons. The molecule has 0 atom stereocenters. The van der Waals surface area contributed by atoms with E-state index < -0.39 is 0 Å². The zero-order valence-corrected chi connectivity index (χ0v) is 17.7. The SMILES string of the molecule is c1cncc(-c2ccc3nnc(C4CCN(CCN5CCCCCC5)CC4)n3n2)c1. The molecule has 7 nitrogen and oxygen atoms in total. The molecule has 0 spiro atoms. The van der Waals surface area contributed by atoms with Gasteiger partial charge >= 0.3 is 0 Å². The normalized spacial score (nSPS) is 19.9. The van der Waals surface area contributed by atoms with Crippen molar-refractivity contribution < 1.29 is 0 Å². The lowest BCUT2D eigenvalue weighted by Crippen LogP contribution is -2.39. The molecule has 0 saturated carbocycles. The fourth-order valence-corrected chi connectivity index (χ4v) is 4.79. The Morgan fingerprint density at radius 3 is 2.33 bits per heavy atom. The standard InChI is InChI=1S/C23H31N7/c1-2-4-13-28(12-3-1)16-17-29-14-9-19(10-15-29)23-26-25-22-8-7-21(27-30(22)23)20-6-5-11-24-18-20/h5-8,11,18-19H,1-4,9-10,12-17H2. The highest BCUT2D eigenvalue weighted by atomic mass is 15.4. The van der Waals surface area contributed by atoms with Gasteiger partial charge in [-0.15, -0.1) is 10.2 Å². The average molecular weight is 406 g/mol. The van der Waals surface area contributed by atoms with Crippen LogP contribution >= 0.6 is 0 Å². The van der Waals surface area contributed by atoms with Gasteiger partial charge in [-0.05, 0) is 76.1 Å². The molecule has 30 heavy (non-hydrogen) atoms. The van der Waals surface area contributed by atoms with Crippen molar-refractivity contribution >= 4 is 5.65 Å². The first kappa shape index (κ1) is 19.6. The second-order valence-corrected chi connectivity index (χ2v) is 8.66. The van der Waals surface area contributed by atoms with Gasteiger partial charge in [0.2, 0.25) is 0 Å². The molecule has 5 rings (SSSR count). The Labute approximate surface area is 178 Å². The number of hydrogen-bond acceptors (Lipinski definition) is 6. The molecule has 2 saturated heterocycles. The highest BCUT2D eigenvalue weighted by Gasteiger charge is 2.25. The van der Waals surface area contributed by atoms with Crippen LogP contribution in [0.5, 0.6) is 0 Å². The third kappa shape index (κ3) is 4.37. The number of likely N-dealkylation sites (tertiary alicyclic amines) is 2. The zero-order chi connectivity index (χ0) is 20.2. The molecule has 0 radical (unpaired) electrons. The molecule has 0 aliphatic carbocycles. The largest absolute Gasteiger partial charge is 0.302 e. The quantitative estimate of drug-likeness (QED) is 0.649. The summed E-state index contributed by atoms with van der Waals surface area (Å²) in [5.74, 6) is 1.42. The Morgan fingerprint density at radius 2 is 1.60 bits per heavy atom. The molecule has 2 fully saturated rings. The summed E-state index contributed by atoms with van der Waals surface area (Å²) in [6, 6.07) is 7.97. The molecular formula is C23H31N7. The maximum absolute atomic E-state index is 4.84. The van der Waals surface area contributed by atoms with Gasteiger partial charge in [-0.2, -0.15) is 9.61 Å². The van der Waals surface area contributed by atoms with Gasteiger partial charge in [0.25, 0.3) is 0 Å². The highest BCUT2D eigenvalue weighted by molar-refractivity contribution is 5.58. The number of nitrogens with zero attached hydrogens (tertiary/aromatic N) is 7. The van der Waals surface area contributed by atoms with E-state index in [2.05, 4.69) is 25.0 Å². The van der Waals surface area contributed by atoms with Gasteiger partial charge in [-0.1, -0.05) is 12.8 Å². The first-order valence-electron chi connectivity index (χ1n) is 11.4. The van der Waals surface area contributed by atoms with Gasteiger partial charge < -0.3 is 9.80 Å². The van der Waals surface area contributed by atoms with Crippen LogP contribution in [0, 0.1) is 0 Å². The number of piperidine rings is 1. The summed E-state index contributed by atoms with van der Waals surface area (Å²) in [4.78, 5) is 9.50. The van der Waals surface area contributed by atoms with Crippen molar-refractivity contribution in [1.82, 2.24) is 34.6 Å². The third-order valence-electron chi connectivity index (χ3n) is 6.63. The number of aromatic nitrogens is 5. The highest BCUT2D eigenvalue weighted by Crippen LogP contribution is 2.27. The van der Waals surface area contributed by atoms with Crippen molar-refractivity contribution in [2.75, 3.05) is 39.3 Å². The van der Waals surface area contributed by atoms with Crippen LogP contribution in [0.2, 0.25) is 0 Å². The van der Waals surface area contributed by atoms with Gasteiger partial charge in [0.15, 0.2) is 11.5 Å². The van der Waals surface area contributed by atoms with Gasteiger partial charge in [0.1, 0.15) is 0 Å². The molecule has 5 heterocycles. The van der Waals surface area contributed by atoms with Gasteiger partial charge in [0.05, 0.1) is 5.69 Å². The van der Waals surface area contributed by atoms with Crippen molar-refractivity contribution in [3.8, 4) is 11.3 Å². The number of fused-ring (bicyclic) bond motifs is 1. The minimum absolute atomic E-state index is 0.422. The Bertz CT molecular complexity index is 939. The first-order chi connectivity index (χ1) is 14.9. The molecule has 0 amide bonds. The van der Waals surface area contributed by atoms with Crippen LogP contribution in [0.15, 0.2) is 36.7 Å². The second kappa shape index (κ2) is 9.18. The maximum atomic E-state index is 4.84. The summed E-state index contributed by atoms with van der Waals surface area (Å²) in [5, 5.41) is 13.7. The van der Waals surface area contributed by atoms with E-state index in [0.29, 0.717) is 5.92 Å². The van der Waals surface area contributed by atoms with E-state index in [-0.39, 0.29) is 0 Å². The minimum Gasteiger partial charge on any atom is -0.302 e. The van der Waals surface area contributed by atoms with Crippen LogP contribution < -0.4 is 0 Å². The van der Waals surface area contributed by atoms with Crippen molar-refractivity contribution in [3.05, 3.63) is 42.5 Å². The van der Waals surface area contributed by atoms with Crippen LogP contribution in [0.3, 0.4) is 0 Å². The van der Waals surface area contributed by atoms with Crippen molar-refractivity contribution in [2.24, 2.45) is 0 Å². The van der Waals surface area contributed by atoms with E-state index in [0.717, 1.165) is 48.7 Å². The fraction of sp³-hybridized carbons (Fsp3) is 0.565. The molecule has 0 N–H and O–H groups in total. The van der Waals surface area contributed by atoms with E-state index in [1.807, 2.05) is 35.0 Å². The lowest BCUT2D eigenvalue weighted by molar-refractivity contribution is 0.172. The van der Waals surface area contributed by atoms with Crippen LogP contribution in [0.1, 0.15) is 50.3 Å². The molecule has 2 aliphatic heterocycles. The van der Waals surface area contributed by atoms with Gasteiger partial charge in [-0.3, -0.25) is 4.98 Å². The van der Waals surface area contributed by atoms with E-state index in [1.54, 1.807) is 6.20 Å². The molecule has 2 aliphatic rings. The Hall–Kier alpha value is -2.38. The molecule has 3 aromatic rings. The molecule has 3 aromatic heterocycles. The summed E-state index contributed by atoms with van der Waals surface area (Å²) >= 11 is 0. The minimum atomic E-state index is 0.422. The molecular weight excluding hydrogens is 374 g/mol. The van der Waals surface area contributed by atoms with E-state index in [4.69, 9.17) is 5.10 Å². The third-order valence-corrected chi connectivity index (χ3v) is 6.63. The summed E-state index contributed by atoms with van der Waals surface area (Å²) in [6.45, 7) is 7.25. The predicted molar refractivity (Wildman–Crippen MR) is 117 cm³/mol. The van der Waals surface area contributed by atoms with Gasteiger partial charge in [-0.25, -0.2) is 0 Å². The summed E-state index contributed by atoms with van der Waals surface area (Å²) in [6.07, 6.45) is 11.4. The topological polar surface area (TPSA) is 62.5 Å². The van der Waals surface area contributed by atoms with E-state index >= 15 is 0 Å². The van der Waals surface area contributed by atoms with Crippen molar-refractivity contribution in [3.63, 3.8) is 0 Å². The average Bonchev–Trinajstić information content (AvgIpc) is 3.05. The predicted octanol–water partition coefficient (Wildman–Crippen LogP) is 3.24. The lowest BCUT2D eigenvalue weighted by Gasteiger charge is -2.32. The van der Waals surface area contributed by atoms with Gasteiger partial charge in [0, 0.05) is 37.0 Å². The molecule has 7 heteroatoms. The zero-order valence-electron chi connectivity index (χ0n) is 17.7. The molecule has 0 bridgehead atoms. The Balaban J connectivity index is 1.22. The second-order valence-electron chi connectivity index (χ2n) is 8.66. The summed E-state index contributed by atoms with van der Waals surface area (Å²) in [7, 11) is 0. The lowest BCUT2D eigenvalue weighted by atomic mass is 9.96. The van der Waals surface area contributed by atoms with E-state index in [9.17, 15) is 0 Å².